The van der Waals surface area contributed by atoms with Crippen molar-refractivity contribution in [2.75, 3.05) is 6.79 Å². The quantitative estimate of drug-likeness (QED) is 0.126. The zero-order valence-electron chi connectivity index (χ0n) is 18.5. The van der Waals surface area contributed by atoms with Gasteiger partial charge in [0.05, 0.1) is 11.8 Å². The number of ether oxygens (including phenoxy) is 3. The number of cyclic esters (lactones) is 2. The van der Waals surface area contributed by atoms with Gasteiger partial charge in [0.25, 0.3) is 6.47 Å². The molecule has 0 bridgehead atoms. The molecule has 1 aliphatic heterocycles. The van der Waals surface area contributed by atoms with Crippen molar-refractivity contribution >= 4 is 32.7 Å². The second-order valence-corrected chi connectivity index (χ2v) is 13.1. The van der Waals surface area contributed by atoms with Gasteiger partial charge >= 0.3 is 17.9 Å². The molecule has 0 saturated carbocycles. The number of benzene rings is 1. The molecule has 1 aromatic carbocycles. The highest BCUT2D eigenvalue weighted by molar-refractivity contribution is 6.69. The molecule has 31 heavy (non-hydrogen) atoms. The van der Waals surface area contributed by atoms with E-state index in [1.54, 1.807) is 0 Å². The first-order valence-corrected chi connectivity index (χ1v) is 13.7. The van der Waals surface area contributed by atoms with Crippen LogP contribution in [0.2, 0.25) is 19.6 Å². The van der Waals surface area contributed by atoms with Crippen molar-refractivity contribution < 1.29 is 37.8 Å². The summed E-state index contributed by atoms with van der Waals surface area (Å²) in [6.45, 7) is 9.16. The third-order valence-electron chi connectivity index (χ3n) is 5.36. The van der Waals surface area contributed by atoms with Crippen molar-refractivity contribution in [2.45, 2.75) is 51.9 Å². The van der Waals surface area contributed by atoms with Crippen LogP contribution in [0.25, 0.3) is 0 Å². The van der Waals surface area contributed by atoms with E-state index < -0.39 is 50.1 Å². The van der Waals surface area contributed by atoms with Gasteiger partial charge in [0.2, 0.25) is 0 Å². The van der Waals surface area contributed by atoms with E-state index in [1.807, 2.05) is 56.9 Å². The third-order valence-corrected chi connectivity index (χ3v) is 6.34. The molecule has 1 aliphatic rings. The first-order chi connectivity index (χ1) is 14.6. The number of hydrogen-bond donors (Lipinski definition) is 0. The summed E-state index contributed by atoms with van der Waals surface area (Å²) in [6, 6.07) is 9.26. The molecule has 5 atom stereocenters. The maximum absolute atomic E-state index is 12.6. The summed E-state index contributed by atoms with van der Waals surface area (Å²) >= 11 is 0. The normalized spacial score (nSPS) is 21.7. The van der Waals surface area contributed by atoms with Crippen molar-refractivity contribution in [2.24, 2.45) is 17.8 Å². The van der Waals surface area contributed by atoms with Crippen molar-refractivity contribution in [3.05, 3.63) is 35.9 Å². The lowest BCUT2D eigenvalue weighted by Crippen LogP contribution is -2.43. The summed E-state index contributed by atoms with van der Waals surface area (Å²) in [5, 5.41) is 0. The van der Waals surface area contributed by atoms with Crippen LogP contribution < -0.4 is 0 Å². The Hall–Kier alpha value is -2.52. The molecule has 0 amide bonds. The van der Waals surface area contributed by atoms with Gasteiger partial charge in [0, 0.05) is 0 Å². The van der Waals surface area contributed by atoms with E-state index >= 15 is 0 Å². The molecule has 8 nitrogen and oxygen atoms in total. The molecule has 0 aromatic heterocycles. The van der Waals surface area contributed by atoms with E-state index in [2.05, 4.69) is 0 Å². The van der Waals surface area contributed by atoms with Gasteiger partial charge in [-0.25, -0.2) is 0 Å². The molecule has 1 fully saturated rings. The fourth-order valence-corrected chi connectivity index (χ4v) is 4.20. The van der Waals surface area contributed by atoms with Crippen LogP contribution in [0.5, 0.6) is 0 Å². The van der Waals surface area contributed by atoms with Gasteiger partial charge < -0.3 is 18.6 Å². The van der Waals surface area contributed by atoms with Crippen LogP contribution in [0.15, 0.2) is 30.3 Å². The highest BCUT2D eigenvalue weighted by Gasteiger charge is 2.55. The summed E-state index contributed by atoms with van der Waals surface area (Å²) in [5.74, 6) is -5.55. The third kappa shape index (κ3) is 6.24. The standard InChI is InChI=1S/C22H30O8Si/c1-6-16(15-10-8-7-9-11-15)17-18(22(26)30-21(17)25)19(27-12-23)14(2)20(24)28-13-29-31(3,4)5/h7-12,14,16-19H,6,13H2,1-5H3. The SMILES string of the molecule is CCC(c1ccccc1)C1C(=O)OC(=O)C1C(OC=O)C(C)C(=O)OCO[Si](C)(C)C. The zero-order valence-corrected chi connectivity index (χ0v) is 19.5. The first-order valence-electron chi connectivity index (χ1n) is 10.3. The molecule has 1 saturated heterocycles. The number of hydrogen-bond acceptors (Lipinski definition) is 8. The fraction of sp³-hybridized carbons (Fsp3) is 0.545. The van der Waals surface area contributed by atoms with Crippen molar-refractivity contribution in [3.63, 3.8) is 0 Å². The van der Waals surface area contributed by atoms with Gasteiger partial charge in [-0.2, -0.15) is 0 Å². The molecule has 170 valence electrons. The maximum atomic E-state index is 12.6. The molecule has 1 heterocycles. The van der Waals surface area contributed by atoms with Crippen molar-refractivity contribution in [1.29, 1.82) is 0 Å². The Labute approximate surface area is 183 Å². The zero-order chi connectivity index (χ0) is 23.2. The van der Waals surface area contributed by atoms with Crippen LogP contribution in [-0.2, 0) is 37.8 Å². The molecule has 2 rings (SSSR count). The van der Waals surface area contributed by atoms with Gasteiger partial charge in [-0.15, -0.1) is 0 Å². The van der Waals surface area contributed by atoms with E-state index in [0.717, 1.165) is 5.56 Å². The number of rotatable bonds is 11. The van der Waals surface area contributed by atoms with E-state index in [0.29, 0.717) is 6.42 Å². The molecule has 0 aliphatic carbocycles. The van der Waals surface area contributed by atoms with E-state index in [-0.39, 0.29) is 19.2 Å². The summed E-state index contributed by atoms with van der Waals surface area (Å²) in [7, 11) is -1.90. The minimum Gasteiger partial charge on any atom is -0.463 e. The van der Waals surface area contributed by atoms with Crippen molar-refractivity contribution in [1.82, 2.24) is 0 Å². The first kappa shape index (κ1) is 24.7. The van der Waals surface area contributed by atoms with Gasteiger partial charge in [0.1, 0.15) is 12.0 Å². The van der Waals surface area contributed by atoms with Crippen LogP contribution in [0.3, 0.4) is 0 Å². The lowest BCUT2D eigenvalue weighted by molar-refractivity contribution is -0.166. The smallest absolute Gasteiger partial charge is 0.321 e. The molecule has 0 radical (unpaired) electrons. The Kier molecular flexibility index (Phi) is 8.52. The molecule has 9 heteroatoms. The lowest BCUT2D eigenvalue weighted by atomic mass is 9.73. The van der Waals surface area contributed by atoms with Crippen LogP contribution in [0.1, 0.15) is 31.7 Å². The average Bonchev–Trinajstić information content (AvgIpc) is 2.99. The van der Waals surface area contributed by atoms with E-state index in [9.17, 15) is 19.2 Å². The monoisotopic (exact) mass is 450 g/mol. The molecule has 0 spiro atoms. The topological polar surface area (TPSA) is 105 Å². The summed E-state index contributed by atoms with van der Waals surface area (Å²) in [4.78, 5) is 49.1. The Morgan fingerprint density at radius 3 is 2.29 bits per heavy atom. The molecule has 5 unspecified atom stereocenters. The van der Waals surface area contributed by atoms with Crippen molar-refractivity contribution in [3.8, 4) is 0 Å². The minimum absolute atomic E-state index is 0.170. The summed E-state index contributed by atoms with van der Waals surface area (Å²) in [5.41, 5.74) is 0.857. The Morgan fingerprint density at radius 2 is 1.74 bits per heavy atom. The molecule has 0 N–H and O–H groups in total. The van der Waals surface area contributed by atoms with Gasteiger partial charge in [0.15, 0.2) is 15.1 Å². The fourth-order valence-electron chi connectivity index (χ4n) is 3.79. The van der Waals surface area contributed by atoms with Crippen LogP contribution in [0.4, 0.5) is 0 Å². The predicted octanol–water partition coefficient (Wildman–Crippen LogP) is 3.03. The van der Waals surface area contributed by atoms with Gasteiger partial charge in [-0.1, -0.05) is 37.3 Å². The molecule has 1 aromatic rings. The second-order valence-electron chi connectivity index (χ2n) is 8.54. The second kappa shape index (κ2) is 10.7. The molecular formula is C22H30O8Si. The largest absolute Gasteiger partial charge is 0.463 e. The van der Waals surface area contributed by atoms with Gasteiger partial charge in [-0.3, -0.25) is 19.2 Å². The Morgan fingerprint density at radius 1 is 1.13 bits per heavy atom. The lowest BCUT2D eigenvalue weighted by Gasteiger charge is -2.30. The van der Waals surface area contributed by atoms with Crippen LogP contribution >= 0.6 is 0 Å². The highest BCUT2D eigenvalue weighted by atomic mass is 28.4. The summed E-state index contributed by atoms with van der Waals surface area (Å²) < 4.78 is 20.8. The minimum atomic E-state index is -1.90. The predicted molar refractivity (Wildman–Crippen MR) is 113 cm³/mol. The molecular weight excluding hydrogens is 420 g/mol. The number of carbonyl (C=O) groups excluding carboxylic acids is 4. The van der Waals surface area contributed by atoms with Gasteiger partial charge in [-0.05, 0) is 44.5 Å². The van der Waals surface area contributed by atoms with Crippen LogP contribution in [0, 0.1) is 17.8 Å². The number of esters is 3. The Bertz CT molecular complexity index is 788. The van der Waals surface area contributed by atoms with Crippen LogP contribution in [-0.4, -0.2) is 45.6 Å². The highest BCUT2D eigenvalue weighted by Crippen LogP contribution is 2.42. The Balaban J connectivity index is 2.29. The maximum Gasteiger partial charge on any atom is 0.321 e. The van der Waals surface area contributed by atoms with E-state index in [4.69, 9.17) is 18.6 Å². The summed E-state index contributed by atoms with van der Waals surface area (Å²) in [6.07, 6.45) is -0.664. The number of carbonyl (C=O) groups is 4. The van der Waals surface area contributed by atoms with E-state index in [1.165, 1.54) is 6.92 Å². The average molecular weight is 451 g/mol.